The van der Waals surface area contributed by atoms with Gasteiger partial charge in [0.2, 0.25) is 0 Å². The third-order valence-electron chi connectivity index (χ3n) is 8.34. The molecule has 0 fully saturated rings. The fraction of sp³-hybridized carbons (Fsp3) is 0.150. The van der Waals surface area contributed by atoms with Crippen molar-refractivity contribution in [1.29, 1.82) is 0 Å². The summed E-state index contributed by atoms with van der Waals surface area (Å²) in [5.41, 5.74) is 14.7. The first kappa shape index (κ1) is 27.4. The van der Waals surface area contributed by atoms with Crippen molar-refractivity contribution in [3.63, 3.8) is 0 Å². The molecule has 2 heteroatoms. The summed E-state index contributed by atoms with van der Waals surface area (Å²) in [6.07, 6.45) is 0. The van der Waals surface area contributed by atoms with Crippen molar-refractivity contribution in [1.82, 2.24) is 0 Å². The zero-order chi connectivity index (χ0) is 29.4. The highest BCUT2D eigenvalue weighted by Gasteiger charge is 2.23. The summed E-state index contributed by atoms with van der Waals surface area (Å²) in [5, 5.41) is 2.58. The van der Waals surface area contributed by atoms with E-state index in [1.807, 2.05) is 0 Å². The Bertz CT molecular complexity index is 1710. The molecule has 0 unspecified atom stereocenters. The lowest BCUT2D eigenvalue weighted by molar-refractivity contribution is 1.21. The summed E-state index contributed by atoms with van der Waals surface area (Å²) in [6.45, 7) is 13.3. The molecule has 6 aromatic rings. The lowest BCUT2D eigenvalue weighted by atomic mass is 9.91. The first-order valence-electron chi connectivity index (χ1n) is 14.7. The average molecular weight is 547 g/mol. The van der Waals surface area contributed by atoms with E-state index in [0.29, 0.717) is 0 Å². The van der Waals surface area contributed by atoms with Crippen LogP contribution in [-0.4, -0.2) is 0 Å². The predicted molar refractivity (Wildman–Crippen MR) is 182 cm³/mol. The zero-order valence-corrected chi connectivity index (χ0v) is 25.4. The van der Waals surface area contributed by atoms with Gasteiger partial charge in [0.05, 0.1) is 11.4 Å². The third-order valence-corrected chi connectivity index (χ3v) is 8.34. The second-order valence-corrected chi connectivity index (χ2v) is 11.4. The molecule has 42 heavy (non-hydrogen) atoms. The van der Waals surface area contributed by atoms with E-state index in [-0.39, 0.29) is 0 Å². The largest absolute Gasteiger partial charge is 0.310 e. The van der Waals surface area contributed by atoms with Crippen molar-refractivity contribution in [2.45, 2.75) is 41.5 Å². The second kappa shape index (κ2) is 11.2. The molecule has 2 nitrogen and oxygen atoms in total. The molecule has 6 rings (SSSR count). The number of nitrogens with zero attached hydrogens (tertiary/aromatic N) is 2. The quantitative estimate of drug-likeness (QED) is 0.205. The molecule has 0 saturated carbocycles. The number of hydrogen-bond acceptors (Lipinski definition) is 2. The van der Waals surface area contributed by atoms with Gasteiger partial charge in [0.1, 0.15) is 0 Å². The zero-order valence-electron chi connectivity index (χ0n) is 25.4. The van der Waals surface area contributed by atoms with Crippen molar-refractivity contribution in [3.8, 4) is 0 Å². The van der Waals surface area contributed by atoms with Gasteiger partial charge in [-0.1, -0.05) is 71.8 Å². The lowest BCUT2D eigenvalue weighted by Crippen LogP contribution is -2.15. The number of para-hydroxylation sites is 2. The molecule has 0 aliphatic carbocycles. The van der Waals surface area contributed by atoms with E-state index < -0.39 is 0 Å². The standard InChI is InChI=1S/C40H38N2/c1-27-17-21-35(22-18-27)41(33-13-9-7-10-14-33)39-29(3)25-38-32(6)40(30(4)26-37(38)31(39)5)42(34-15-11-8-12-16-34)36-23-19-28(2)20-24-36/h7-26H,1-6H3. The van der Waals surface area contributed by atoms with Gasteiger partial charge in [0, 0.05) is 22.7 Å². The van der Waals surface area contributed by atoms with E-state index in [1.54, 1.807) is 0 Å². The molecule has 208 valence electrons. The Morgan fingerprint density at radius 1 is 0.357 bits per heavy atom. The van der Waals surface area contributed by atoms with Gasteiger partial charge in [0.25, 0.3) is 0 Å². The maximum atomic E-state index is 2.41. The molecule has 0 radical (unpaired) electrons. The van der Waals surface area contributed by atoms with Gasteiger partial charge in [-0.05, 0) is 135 Å². The average Bonchev–Trinajstić information content (AvgIpc) is 3.00. The van der Waals surface area contributed by atoms with Crippen LogP contribution in [0.25, 0.3) is 10.8 Å². The van der Waals surface area contributed by atoms with E-state index >= 15 is 0 Å². The van der Waals surface area contributed by atoms with Gasteiger partial charge >= 0.3 is 0 Å². The number of rotatable bonds is 6. The summed E-state index contributed by atoms with van der Waals surface area (Å²) in [4.78, 5) is 4.81. The summed E-state index contributed by atoms with van der Waals surface area (Å²) >= 11 is 0. The van der Waals surface area contributed by atoms with Crippen LogP contribution in [0.3, 0.4) is 0 Å². The topological polar surface area (TPSA) is 6.48 Å². The molecule has 0 aromatic heterocycles. The van der Waals surface area contributed by atoms with Crippen molar-refractivity contribution < 1.29 is 0 Å². The molecule has 0 bridgehead atoms. The molecule has 0 amide bonds. The third kappa shape index (κ3) is 4.94. The van der Waals surface area contributed by atoms with Crippen LogP contribution in [0.1, 0.15) is 33.4 Å². The maximum absolute atomic E-state index is 2.41. The SMILES string of the molecule is Cc1ccc(N(c2ccccc2)c2c(C)cc3c(C)c(N(c4ccccc4)c4ccc(C)cc4)c(C)cc3c2C)cc1. The van der Waals surface area contributed by atoms with E-state index in [0.717, 1.165) is 22.7 Å². The fourth-order valence-corrected chi connectivity index (χ4v) is 6.24. The highest BCUT2D eigenvalue weighted by atomic mass is 15.2. The Hall–Kier alpha value is -4.82. The fourth-order valence-electron chi connectivity index (χ4n) is 6.24. The molecule has 0 atom stereocenters. The van der Waals surface area contributed by atoms with Crippen LogP contribution in [-0.2, 0) is 0 Å². The maximum Gasteiger partial charge on any atom is 0.0526 e. The normalized spacial score (nSPS) is 11.1. The number of aryl methyl sites for hydroxylation is 6. The summed E-state index contributed by atoms with van der Waals surface area (Å²) in [7, 11) is 0. The molecule has 0 saturated heterocycles. The van der Waals surface area contributed by atoms with E-state index in [1.165, 1.54) is 55.5 Å². The van der Waals surface area contributed by atoms with Gasteiger partial charge < -0.3 is 9.80 Å². The summed E-state index contributed by atoms with van der Waals surface area (Å²) in [5.74, 6) is 0. The van der Waals surface area contributed by atoms with Crippen molar-refractivity contribution in [2.75, 3.05) is 9.80 Å². The Labute approximate surface area is 250 Å². The first-order valence-corrected chi connectivity index (χ1v) is 14.7. The van der Waals surface area contributed by atoms with E-state index in [4.69, 9.17) is 0 Å². The molecule has 0 heterocycles. The minimum absolute atomic E-state index is 1.16. The van der Waals surface area contributed by atoms with Crippen LogP contribution in [0, 0.1) is 41.5 Å². The predicted octanol–water partition coefficient (Wildman–Crippen LogP) is 11.6. The van der Waals surface area contributed by atoms with Gasteiger partial charge in [-0.15, -0.1) is 0 Å². The molecule has 6 aromatic carbocycles. The Balaban J connectivity index is 1.59. The van der Waals surface area contributed by atoms with Crippen LogP contribution in [0.5, 0.6) is 0 Å². The van der Waals surface area contributed by atoms with Gasteiger partial charge in [0.15, 0.2) is 0 Å². The molecular weight excluding hydrogens is 508 g/mol. The summed E-state index contributed by atoms with van der Waals surface area (Å²) in [6, 6.07) is 43.9. The van der Waals surface area contributed by atoms with Crippen molar-refractivity contribution in [3.05, 3.63) is 155 Å². The van der Waals surface area contributed by atoms with Gasteiger partial charge in [-0.3, -0.25) is 0 Å². The Kier molecular flexibility index (Phi) is 7.31. The monoisotopic (exact) mass is 546 g/mol. The summed E-state index contributed by atoms with van der Waals surface area (Å²) < 4.78 is 0. The van der Waals surface area contributed by atoms with E-state index in [9.17, 15) is 0 Å². The number of hydrogen-bond donors (Lipinski definition) is 0. The Morgan fingerprint density at radius 3 is 1.00 bits per heavy atom. The minimum atomic E-state index is 1.16. The molecule has 0 aliphatic rings. The van der Waals surface area contributed by atoms with Gasteiger partial charge in [-0.25, -0.2) is 0 Å². The van der Waals surface area contributed by atoms with E-state index in [2.05, 4.69) is 173 Å². The highest BCUT2D eigenvalue weighted by molar-refractivity contribution is 6.01. The second-order valence-electron chi connectivity index (χ2n) is 11.4. The number of anilines is 6. The molecule has 0 N–H and O–H groups in total. The molecule has 0 spiro atoms. The highest BCUT2D eigenvalue weighted by Crippen LogP contribution is 2.46. The van der Waals surface area contributed by atoms with Crippen molar-refractivity contribution in [2.24, 2.45) is 0 Å². The first-order chi connectivity index (χ1) is 20.3. The van der Waals surface area contributed by atoms with Crippen LogP contribution >= 0.6 is 0 Å². The van der Waals surface area contributed by atoms with Gasteiger partial charge in [-0.2, -0.15) is 0 Å². The van der Waals surface area contributed by atoms with Crippen LogP contribution in [0.15, 0.2) is 121 Å². The lowest BCUT2D eigenvalue weighted by Gasteiger charge is -2.32. The smallest absolute Gasteiger partial charge is 0.0526 e. The van der Waals surface area contributed by atoms with Crippen LogP contribution < -0.4 is 9.80 Å². The molecular formula is C40H38N2. The minimum Gasteiger partial charge on any atom is -0.310 e. The van der Waals surface area contributed by atoms with Crippen LogP contribution in [0.4, 0.5) is 34.1 Å². The number of fused-ring (bicyclic) bond motifs is 1. The number of benzene rings is 6. The molecule has 0 aliphatic heterocycles. The van der Waals surface area contributed by atoms with Crippen molar-refractivity contribution >= 4 is 44.9 Å². The van der Waals surface area contributed by atoms with Crippen LogP contribution in [0.2, 0.25) is 0 Å². The Morgan fingerprint density at radius 2 is 0.667 bits per heavy atom.